The highest BCUT2D eigenvalue weighted by Crippen LogP contribution is 2.67. The molecule has 0 unspecified atom stereocenters. The first-order valence-electron chi connectivity index (χ1n) is 12.7. The molecule has 8 atom stereocenters. The first-order valence-corrected chi connectivity index (χ1v) is 12.7. The molecule has 0 amide bonds. The average molecular weight is 401 g/mol. The zero-order chi connectivity index (χ0) is 20.7. The first-order chi connectivity index (χ1) is 13.6. The van der Waals surface area contributed by atoms with Crippen LogP contribution < -0.4 is 0 Å². The maximum Gasteiger partial charge on any atom is 0.0657 e. The summed E-state index contributed by atoms with van der Waals surface area (Å²) in [6, 6.07) is 0. The van der Waals surface area contributed by atoms with Crippen LogP contribution in [0.2, 0.25) is 0 Å². The summed E-state index contributed by atoms with van der Waals surface area (Å²) in [4.78, 5) is 0. The Morgan fingerprint density at radius 1 is 0.966 bits per heavy atom. The lowest BCUT2D eigenvalue weighted by Crippen LogP contribution is -2.52. The van der Waals surface area contributed by atoms with Crippen molar-refractivity contribution in [3.8, 4) is 0 Å². The zero-order valence-electron chi connectivity index (χ0n) is 19.3. The molecular weight excluding hydrogens is 356 g/mol. The molecule has 4 fully saturated rings. The van der Waals surface area contributed by atoms with E-state index >= 15 is 0 Å². The Morgan fingerprint density at radius 3 is 2.45 bits per heavy atom. The maximum atomic E-state index is 10.7. The van der Waals surface area contributed by atoms with Crippen LogP contribution in [0.15, 0.2) is 11.6 Å². The van der Waals surface area contributed by atoms with E-state index < -0.39 is 5.60 Å². The van der Waals surface area contributed by atoms with Crippen molar-refractivity contribution in [1.29, 1.82) is 0 Å². The van der Waals surface area contributed by atoms with Gasteiger partial charge in [0.05, 0.1) is 11.2 Å². The van der Waals surface area contributed by atoms with Crippen molar-refractivity contribution in [1.82, 2.24) is 0 Å². The Morgan fingerprint density at radius 2 is 1.72 bits per heavy atom. The molecule has 2 nitrogen and oxygen atoms in total. The molecule has 2 N–H and O–H groups in total. The van der Waals surface area contributed by atoms with Gasteiger partial charge in [-0.1, -0.05) is 32.4 Å². The molecule has 0 aliphatic heterocycles. The lowest BCUT2D eigenvalue weighted by Gasteiger charge is -2.59. The van der Waals surface area contributed by atoms with Crippen molar-refractivity contribution < 1.29 is 10.2 Å². The molecule has 0 spiro atoms. The van der Waals surface area contributed by atoms with Crippen molar-refractivity contribution in [2.24, 2.45) is 40.4 Å². The molecule has 4 saturated carbocycles. The largest absolute Gasteiger partial charge is 0.390 e. The van der Waals surface area contributed by atoms with E-state index in [4.69, 9.17) is 0 Å². The highest BCUT2D eigenvalue weighted by atomic mass is 16.3. The minimum absolute atomic E-state index is 0.286. The number of hydrogen-bond donors (Lipinski definition) is 2. The second kappa shape index (κ2) is 6.58. The third kappa shape index (κ3) is 3.27. The van der Waals surface area contributed by atoms with E-state index in [2.05, 4.69) is 26.8 Å². The number of hydrogen-bond acceptors (Lipinski definition) is 2. The van der Waals surface area contributed by atoms with Gasteiger partial charge in [0, 0.05) is 0 Å². The van der Waals surface area contributed by atoms with Gasteiger partial charge in [-0.05, 0) is 124 Å². The van der Waals surface area contributed by atoms with Crippen molar-refractivity contribution in [3.05, 3.63) is 11.6 Å². The Kier molecular flexibility index (Phi) is 4.66. The highest BCUT2D eigenvalue weighted by Gasteiger charge is 2.59. The van der Waals surface area contributed by atoms with Crippen LogP contribution in [-0.4, -0.2) is 21.4 Å². The zero-order valence-corrected chi connectivity index (χ0v) is 19.3. The van der Waals surface area contributed by atoms with Crippen LogP contribution in [-0.2, 0) is 0 Å². The van der Waals surface area contributed by atoms with Crippen molar-refractivity contribution >= 4 is 0 Å². The molecule has 29 heavy (non-hydrogen) atoms. The van der Waals surface area contributed by atoms with E-state index in [1.165, 1.54) is 44.9 Å². The smallest absolute Gasteiger partial charge is 0.0657 e. The fraction of sp³-hybridized carbons (Fsp3) is 0.926. The molecule has 0 aromatic rings. The normalized spacial score (nSPS) is 51.4. The molecule has 0 aromatic carbocycles. The number of allylic oxidation sites excluding steroid dienone is 1. The molecule has 0 saturated heterocycles. The average Bonchev–Trinajstić information content (AvgIpc) is 3.28. The lowest BCUT2D eigenvalue weighted by molar-refractivity contribution is -0.0709. The molecule has 5 rings (SSSR count). The molecule has 0 radical (unpaired) electrons. The van der Waals surface area contributed by atoms with Crippen LogP contribution in [0.3, 0.4) is 0 Å². The second-order valence-electron chi connectivity index (χ2n) is 12.9. The SMILES string of the molecule is C[C@H](CCC1(O)CC1)[C@H]1CC[C@H]2[C@@H]3CC=C4C[C@@](C)(O)CC[C@]4(C)[C@H]3CC[C@]12C. The van der Waals surface area contributed by atoms with Crippen LogP contribution in [0.25, 0.3) is 0 Å². The molecule has 0 heterocycles. The number of rotatable bonds is 4. The summed E-state index contributed by atoms with van der Waals surface area (Å²) < 4.78 is 0. The van der Waals surface area contributed by atoms with Gasteiger partial charge in [0.2, 0.25) is 0 Å². The third-order valence-electron chi connectivity index (χ3n) is 11.0. The molecule has 5 aliphatic rings. The Balaban J connectivity index is 1.34. The van der Waals surface area contributed by atoms with E-state index in [0.29, 0.717) is 10.8 Å². The van der Waals surface area contributed by atoms with Crippen molar-refractivity contribution in [2.45, 2.75) is 116 Å². The molecule has 0 bridgehead atoms. The summed E-state index contributed by atoms with van der Waals surface area (Å²) in [6.45, 7) is 9.71. The molecule has 0 aromatic heterocycles. The van der Waals surface area contributed by atoms with Gasteiger partial charge in [-0.3, -0.25) is 0 Å². The summed E-state index contributed by atoms with van der Waals surface area (Å²) in [5, 5.41) is 21.0. The Bertz CT molecular complexity index is 689. The number of aliphatic hydroxyl groups is 2. The van der Waals surface area contributed by atoms with E-state index in [0.717, 1.165) is 61.7 Å². The summed E-state index contributed by atoms with van der Waals surface area (Å²) in [6.07, 6.45) is 16.8. The summed E-state index contributed by atoms with van der Waals surface area (Å²) in [5.74, 6) is 4.17. The molecule has 5 aliphatic carbocycles. The topological polar surface area (TPSA) is 40.5 Å². The second-order valence-corrected chi connectivity index (χ2v) is 12.9. The quantitative estimate of drug-likeness (QED) is 0.547. The van der Waals surface area contributed by atoms with E-state index in [-0.39, 0.29) is 5.60 Å². The van der Waals surface area contributed by atoms with Crippen LogP contribution >= 0.6 is 0 Å². The highest BCUT2D eigenvalue weighted by molar-refractivity contribution is 5.26. The summed E-state index contributed by atoms with van der Waals surface area (Å²) >= 11 is 0. The van der Waals surface area contributed by atoms with Gasteiger partial charge in [0.1, 0.15) is 0 Å². The Labute approximate surface area is 178 Å². The third-order valence-corrected chi connectivity index (χ3v) is 11.0. The van der Waals surface area contributed by atoms with Gasteiger partial charge in [-0.15, -0.1) is 0 Å². The van der Waals surface area contributed by atoms with Crippen LogP contribution in [0.5, 0.6) is 0 Å². The minimum Gasteiger partial charge on any atom is -0.390 e. The standard InChI is InChI=1S/C27H44O2/c1-18(9-12-27(29)15-16-27)21-7-8-22-20-6-5-19-17-24(2,28)13-14-25(19,3)23(20)10-11-26(21,22)4/h5,18,20-23,28-29H,6-17H2,1-4H3/t18-,20+,21-,22+,23+,24+,25+,26-/m1/s1. The fourth-order valence-electron chi connectivity index (χ4n) is 8.87. The fourth-order valence-corrected chi connectivity index (χ4v) is 8.87. The molecule has 164 valence electrons. The van der Waals surface area contributed by atoms with Gasteiger partial charge in [-0.2, -0.15) is 0 Å². The van der Waals surface area contributed by atoms with Gasteiger partial charge < -0.3 is 10.2 Å². The van der Waals surface area contributed by atoms with E-state index in [1.807, 2.05) is 6.92 Å². The van der Waals surface area contributed by atoms with Crippen LogP contribution in [0.1, 0.15) is 105 Å². The predicted octanol–water partition coefficient (Wildman–Crippen LogP) is 6.26. The van der Waals surface area contributed by atoms with Gasteiger partial charge in [-0.25, -0.2) is 0 Å². The Hall–Kier alpha value is -0.340. The van der Waals surface area contributed by atoms with Crippen molar-refractivity contribution in [3.63, 3.8) is 0 Å². The minimum atomic E-state index is -0.485. The van der Waals surface area contributed by atoms with Crippen LogP contribution in [0, 0.1) is 40.4 Å². The molecule has 2 heteroatoms. The first kappa shape index (κ1) is 20.6. The number of fused-ring (bicyclic) bond motifs is 5. The van der Waals surface area contributed by atoms with Gasteiger partial charge >= 0.3 is 0 Å². The monoisotopic (exact) mass is 400 g/mol. The van der Waals surface area contributed by atoms with Crippen LogP contribution in [0.4, 0.5) is 0 Å². The lowest BCUT2D eigenvalue weighted by atomic mass is 9.46. The maximum absolute atomic E-state index is 10.7. The van der Waals surface area contributed by atoms with Crippen molar-refractivity contribution in [2.75, 3.05) is 0 Å². The molecular formula is C27H44O2. The predicted molar refractivity (Wildman–Crippen MR) is 118 cm³/mol. The van der Waals surface area contributed by atoms with E-state index in [1.54, 1.807) is 5.57 Å². The summed E-state index contributed by atoms with van der Waals surface area (Å²) in [7, 11) is 0. The van der Waals surface area contributed by atoms with Gasteiger partial charge in [0.15, 0.2) is 0 Å². The summed E-state index contributed by atoms with van der Waals surface area (Å²) in [5.41, 5.74) is 1.66. The van der Waals surface area contributed by atoms with E-state index in [9.17, 15) is 10.2 Å². The van der Waals surface area contributed by atoms with Gasteiger partial charge in [0.25, 0.3) is 0 Å².